The molecule has 0 saturated heterocycles. The third kappa shape index (κ3) is 3.80. The molecular weight excluding hydrogens is 380 g/mol. The van der Waals surface area contributed by atoms with Crippen molar-refractivity contribution in [1.82, 2.24) is 10.3 Å². The van der Waals surface area contributed by atoms with Crippen molar-refractivity contribution in [3.8, 4) is 11.8 Å². The molecule has 1 aromatic heterocycles. The van der Waals surface area contributed by atoms with E-state index in [0.717, 1.165) is 6.07 Å². The molecule has 0 aliphatic carbocycles. The fraction of sp³-hybridized carbons (Fsp3) is 0.190. The zero-order chi connectivity index (χ0) is 21.3. The summed E-state index contributed by atoms with van der Waals surface area (Å²) in [5.41, 5.74) is -0.161. The first-order chi connectivity index (χ1) is 13.7. The second-order valence-electron chi connectivity index (χ2n) is 6.69. The van der Waals surface area contributed by atoms with Gasteiger partial charge in [0.15, 0.2) is 0 Å². The highest BCUT2D eigenvalue weighted by Crippen LogP contribution is 2.29. The summed E-state index contributed by atoms with van der Waals surface area (Å²) in [6, 6.07) is 7.48. The number of hydrogen-bond donors (Lipinski definition) is 3. The number of aromatic amines is 1. The molecule has 29 heavy (non-hydrogen) atoms. The van der Waals surface area contributed by atoms with Gasteiger partial charge in [-0.05, 0) is 43.7 Å². The van der Waals surface area contributed by atoms with Crippen LogP contribution in [0.3, 0.4) is 0 Å². The summed E-state index contributed by atoms with van der Waals surface area (Å²) in [5, 5.41) is 22.0. The Balaban J connectivity index is 1.87. The Morgan fingerprint density at radius 1 is 1.28 bits per heavy atom. The zero-order valence-electron chi connectivity index (χ0n) is 15.6. The minimum atomic E-state index is -0.740. The first-order valence-electron chi connectivity index (χ1n) is 8.74. The predicted molar refractivity (Wildman–Crippen MR) is 102 cm³/mol. The number of halogens is 2. The Bertz CT molecular complexity index is 1230. The maximum Gasteiger partial charge on any atom is 0.255 e. The van der Waals surface area contributed by atoms with Crippen LogP contribution in [0.15, 0.2) is 35.1 Å². The van der Waals surface area contributed by atoms with Crippen molar-refractivity contribution in [3.63, 3.8) is 0 Å². The molecule has 1 atom stereocenters. The lowest BCUT2D eigenvalue weighted by atomic mass is 10.0. The maximum atomic E-state index is 14.1. The number of aryl methyl sites for hydroxylation is 1. The van der Waals surface area contributed by atoms with Gasteiger partial charge in [0.2, 0.25) is 5.91 Å². The fourth-order valence-corrected chi connectivity index (χ4v) is 3.19. The van der Waals surface area contributed by atoms with E-state index in [0.29, 0.717) is 0 Å². The summed E-state index contributed by atoms with van der Waals surface area (Å²) in [6.45, 7) is 3.00. The first-order valence-corrected chi connectivity index (χ1v) is 8.74. The van der Waals surface area contributed by atoms with E-state index in [4.69, 9.17) is 5.26 Å². The highest BCUT2D eigenvalue weighted by molar-refractivity contribution is 5.90. The number of nitriles is 1. The van der Waals surface area contributed by atoms with Gasteiger partial charge in [0.25, 0.3) is 5.56 Å². The average molecular weight is 397 g/mol. The number of carbonyl (C=O) groups is 1. The van der Waals surface area contributed by atoms with Crippen LogP contribution in [-0.2, 0) is 11.2 Å². The van der Waals surface area contributed by atoms with Crippen molar-refractivity contribution in [3.05, 3.63) is 74.6 Å². The number of carbonyl (C=O) groups excluding carboxylic acids is 1. The molecule has 0 radical (unpaired) electrons. The molecule has 3 rings (SSSR count). The SMILES string of the molecule is Cc1c(F)ccc2[nH]c(=O)c(CC(=O)N[C@H](C)c3ccc(C#N)cc3F)c(O)c12. The van der Waals surface area contributed by atoms with Gasteiger partial charge in [-0.15, -0.1) is 0 Å². The topological polar surface area (TPSA) is 106 Å². The highest BCUT2D eigenvalue weighted by atomic mass is 19.1. The van der Waals surface area contributed by atoms with E-state index >= 15 is 0 Å². The van der Waals surface area contributed by atoms with Gasteiger partial charge < -0.3 is 15.4 Å². The number of nitrogens with zero attached hydrogens (tertiary/aromatic N) is 1. The lowest BCUT2D eigenvalue weighted by Gasteiger charge is -2.16. The number of fused-ring (bicyclic) bond motifs is 1. The molecule has 2 aromatic carbocycles. The van der Waals surface area contributed by atoms with Gasteiger partial charge in [-0.1, -0.05) is 6.07 Å². The quantitative estimate of drug-likeness (QED) is 0.629. The molecule has 0 bridgehead atoms. The third-order valence-electron chi connectivity index (χ3n) is 4.75. The first kappa shape index (κ1) is 20.0. The van der Waals surface area contributed by atoms with E-state index in [1.807, 2.05) is 6.07 Å². The van der Waals surface area contributed by atoms with Gasteiger partial charge in [0, 0.05) is 10.9 Å². The molecule has 0 aliphatic heterocycles. The molecule has 0 aliphatic rings. The van der Waals surface area contributed by atoms with Crippen molar-refractivity contribution in [2.75, 3.05) is 0 Å². The predicted octanol–water partition coefficient (Wildman–Crippen LogP) is 3.11. The smallest absolute Gasteiger partial charge is 0.255 e. The Hall–Kier alpha value is -3.73. The fourth-order valence-electron chi connectivity index (χ4n) is 3.19. The van der Waals surface area contributed by atoms with Crippen LogP contribution in [0.25, 0.3) is 10.9 Å². The summed E-state index contributed by atoms with van der Waals surface area (Å²) in [5.74, 6) is -2.29. The summed E-state index contributed by atoms with van der Waals surface area (Å²) in [4.78, 5) is 27.2. The molecule has 0 unspecified atom stereocenters. The van der Waals surface area contributed by atoms with E-state index < -0.39 is 41.3 Å². The molecule has 8 heteroatoms. The Labute approximate surface area is 164 Å². The Morgan fingerprint density at radius 2 is 2.00 bits per heavy atom. The number of pyridine rings is 1. The third-order valence-corrected chi connectivity index (χ3v) is 4.75. The van der Waals surface area contributed by atoms with Gasteiger partial charge in [0.05, 0.1) is 35.2 Å². The van der Waals surface area contributed by atoms with Crippen LogP contribution >= 0.6 is 0 Å². The monoisotopic (exact) mass is 397 g/mol. The molecule has 3 aromatic rings. The number of aromatic hydroxyl groups is 1. The van der Waals surface area contributed by atoms with Gasteiger partial charge in [0.1, 0.15) is 17.4 Å². The van der Waals surface area contributed by atoms with E-state index in [2.05, 4.69) is 10.3 Å². The number of benzene rings is 2. The minimum Gasteiger partial charge on any atom is -0.507 e. The molecule has 6 nitrogen and oxygen atoms in total. The van der Waals surface area contributed by atoms with Crippen LogP contribution < -0.4 is 10.9 Å². The number of nitrogens with one attached hydrogen (secondary N) is 2. The van der Waals surface area contributed by atoms with Crippen molar-refractivity contribution in [2.45, 2.75) is 26.3 Å². The van der Waals surface area contributed by atoms with Crippen LogP contribution in [0.4, 0.5) is 8.78 Å². The maximum absolute atomic E-state index is 14.1. The second kappa shape index (κ2) is 7.72. The molecule has 148 valence electrons. The summed E-state index contributed by atoms with van der Waals surface area (Å²) < 4.78 is 28.0. The number of H-pyrrole nitrogens is 1. The minimum absolute atomic E-state index is 0.124. The second-order valence-corrected chi connectivity index (χ2v) is 6.69. The van der Waals surface area contributed by atoms with Gasteiger partial charge in [-0.3, -0.25) is 9.59 Å². The normalized spacial score (nSPS) is 11.8. The van der Waals surface area contributed by atoms with E-state index in [-0.39, 0.29) is 33.2 Å². The number of amides is 1. The average Bonchev–Trinajstić information content (AvgIpc) is 2.67. The molecule has 3 N–H and O–H groups in total. The van der Waals surface area contributed by atoms with Crippen LogP contribution in [-0.4, -0.2) is 16.0 Å². The molecule has 0 saturated carbocycles. The number of rotatable bonds is 4. The van der Waals surface area contributed by atoms with Crippen molar-refractivity contribution in [2.24, 2.45) is 0 Å². The van der Waals surface area contributed by atoms with Gasteiger partial charge in [-0.25, -0.2) is 8.78 Å². The van der Waals surface area contributed by atoms with Gasteiger partial charge >= 0.3 is 0 Å². The molecule has 0 spiro atoms. The summed E-state index contributed by atoms with van der Waals surface area (Å²) in [6.07, 6.45) is -0.477. The standard InChI is InChI=1S/C21H17F2N3O3/c1-10-15(22)5-6-17-19(10)20(28)14(21(29)26-17)8-18(27)25-11(2)13-4-3-12(9-24)7-16(13)23/h3-7,11H,8H2,1-2H3,(H,25,27)(H2,26,28,29)/t11-/m1/s1. The summed E-state index contributed by atoms with van der Waals surface area (Å²) >= 11 is 0. The largest absolute Gasteiger partial charge is 0.507 e. The van der Waals surface area contributed by atoms with E-state index in [1.165, 1.54) is 31.2 Å². The lowest BCUT2D eigenvalue weighted by molar-refractivity contribution is -0.121. The van der Waals surface area contributed by atoms with Crippen LogP contribution in [0.2, 0.25) is 0 Å². The number of aromatic nitrogens is 1. The zero-order valence-corrected chi connectivity index (χ0v) is 15.6. The Kier molecular flexibility index (Phi) is 5.33. The van der Waals surface area contributed by atoms with Crippen molar-refractivity contribution < 1.29 is 18.7 Å². The van der Waals surface area contributed by atoms with Gasteiger partial charge in [-0.2, -0.15) is 5.26 Å². The Morgan fingerprint density at radius 3 is 2.66 bits per heavy atom. The molecular formula is C21H17F2N3O3. The van der Waals surface area contributed by atoms with Crippen LogP contribution in [0, 0.1) is 29.9 Å². The number of hydrogen-bond acceptors (Lipinski definition) is 4. The molecule has 0 fully saturated rings. The lowest BCUT2D eigenvalue weighted by Crippen LogP contribution is -2.30. The highest BCUT2D eigenvalue weighted by Gasteiger charge is 2.20. The van der Waals surface area contributed by atoms with Crippen molar-refractivity contribution >= 4 is 16.8 Å². The van der Waals surface area contributed by atoms with Crippen LogP contribution in [0.5, 0.6) is 5.75 Å². The van der Waals surface area contributed by atoms with Crippen molar-refractivity contribution in [1.29, 1.82) is 5.26 Å². The van der Waals surface area contributed by atoms with E-state index in [1.54, 1.807) is 6.92 Å². The summed E-state index contributed by atoms with van der Waals surface area (Å²) in [7, 11) is 0. The molecule has 1 amide bonds. The molecule has 1 heterocycles. The van der Waals surface area contributed by atoms with E-state index in [9.17, 15) is 23.5 Å². The van der Waals surface area contributed by atoms with Crippen LogP contribution in [0.1, 0.15) is 35.2 Å².